The van der Waals surface area contributed by atoms with Crippen LogP contribution in [0.15, 0.2) is 36.5 Å². The van der Waals surface area contributed by atoms with Crippen molar-refractivity contribution in [2.45, 2.75) is 6.92 Å². The van der Waals surface area contributed by atoms with Gasteiger partial charge in [-0.3, -0.25) is 4.79 Å². The highest BCUT2D eigenvalue weighted by atomic mass is 19.1. The van der Waals surface area contributed by atoms with Crippen molar-refractivity contribution in [1.29, 1.82) is 0 Å². The summed E-state index contributed by atoms with van der Waals surface area (Å²) < 4.78 is 18.0. The molecule has 0 aliphatic carbocycles. The van der Waals surface area contributed by atoms with E-state index in [0.717, 1.165) is 0 Å². The Morgan fingerprint density at radius 1 is 1.37 bits per heavy atom. The van der Waals surface area contributed by atoms with Gasteiger partial charge in [0.25, 0.3) is 5.91 Å². The lowest BCUT2D eigenvalue weighted by Crippen LogP contribution is -2.14. The average Bonchev–Trinajstić information content (AvgIpc) is 2.39. The first-order valence-electron chi connectivity index (χ1n) is 5.68. The Balaban J connectivity index is 2.26. The summed E-state index contributed by atoms with van der Waals surface area (Å²) >= 11 is 0. The van der Waals surface area contributed by atoms with Gasteiger partial charge in [0.05, 0.1) is 7.11 Å². The van der Waals surface area contributed by atoms with Crippen molar-refractivity contribution in [2.24, 2.45) is 0 Å². The third kappa shape index (κ3) is 2.88. The summed E-state index contributed by atoms with van der Waals surface area (Å²) in [4.78, 5) is 16.1. The molecule has 98 valence electrons. The van der Waals surface area contributed by atoms with Crippen LogP contribution in [0.2, 0.25) is 0 Å². The van der Waals surface area contributed by atoms with Crippen LogP contribution in [-0.2, 0) is 0 Å². The van der Waals surface area contributed by atoms with Crippen LogP contribution in [0.1, 0.15) is 15.9 Å². The molecule has 2 aromatic rings. The fourth-order valence-electron chi connectivity index (χ4n) is 1.72. The largest absolute Gasteiger partial charge is 0.480 e. The number of aryl methyl sites for hydroxylation is 1. The first-order valence-corrected chi connectivity index (χ1v) is 5.68. The second kappa shape index (κ2) is 5.48. The number of ether oxygens (including phenoxy) is 1. The van der Waals surface area contributed by atoms with Crippen LogP contribution in [0, 0.1) is 12.7 Å². The van der Waals surface area contributed by atoms with Crippen molar-refractivity contribution in [1.82, 2.24) is 4.98 Å². The first-order chi connectivity index (χ1) is 9.11. The second-order valence-corrected chi connectivity index (χ2v) is 3.97. The van der Waals surface area contributed by atoms with Gasteiger partial charge < -0.3 is 10.1 Å². The van der Waals surface area contributed by atoms with Gasteiger partial charge in [0.1, 0.15) is 11.5 Å². The van der Waals surface area contributed by atoms with Crippen LogP contribution in [-0.4, -0.2) is 18.0 Å². The molecule has 0 atom stereocenters. The summed E-state index contributed by atoms with van der Waals surface area (Å²) in [7, 11) is 1.47. The number of methoxy groups -OCH3 is 1. The summed E-state index contributed by atoms with van der Waals surface area (Å²) in [5, 5.41) is 2.69. The van der Waals surface area contributed by atoms with Crippen molar-refractivity contribution >= 4 is 11.6 Å². The molecule has 0 saturated heterocycles. The molecule has 5 heteroatoms. The predicted octanol–water partition coefficient (Wildman–Crippen LogP) is 2.79. The van der Waals surface area contributed by atoms with E-state index in [1.807, 2.05) is 0 Å². The number of hydrogen-bond acceptors (Lipinski definition) is 3. The lowest BCUT2D eigenvalue weighted by molar-refractivity contribution is 0.102. The summed E-state index contributed by atoms with van der Waals surface area (Å²) in [6.07, 6.45) is 1.57. The zero-order valence-corrected chi connectivity index (χ0v) is 10.6. The number of nitrogens with zero attached hydrogens (tertiary/aromatic N) is 1. The predicted molar refractivity (Wildman–Crippen MR) is 69.9 cm³/mol. The minimum atomic E-state index is -0.368. The van der Waals surface area contributed by atoms with Crippen molar-refractivity contribution < 1.29 is 13.9 Å². The van der Waals surface area contributed by atoms with E-state index in [2.05, 4.69) is 10.3 Å². The van der Waals surface area contributed by atoms with E-state index in [9.17, 15) is 9.18 Å². The Kier molecular flexibility index (Phi) is 3.75. The topological polar surface area (TPSA) is 51.2 Å². The third-order valence-electron chi connectivity index (χ3n) is 2.65. The number of aromatic nitrogens is 1. The molecule has 0 aliphatic heterocycles. The lowest BCUT2D eigenvalue weighted by Gasteiger charge is -2.10. The van der Waals surface area contributed by atoms with Gasteiger partial charge in [0, 0.05) is 11.8 Å². The number of amides is 1. The highest BCUT2D eigenvalue weighted by molar-refractivity contribution is 6.05. The van der Waals surface area contributed by atoms with Crippen LogP contribution in [0.25, 0.3) is 0 Å². The van der Waals surface area contributed by atoms with Crippen molar-refractivity contribution in [3.05, 3.63) is 53.5 Å². The van der Waals surface area contributed by atoms with Gasteiger partial charge in [0.15, 0.2) is 0 Å². The number of benzene rings is 1. The molecule has 0 saturated carbocycles. The molecule has 19 heavy (non-hydrogen) atoms. The van der Waals surface area contributed by atoms with Gasteiger partial charge in [-0.25, -0.2) is 9.37 Å². The monoisotopic (exact) mass is 260 g/mol. The molecule has 0 fully saturated rings. The molecule has 2 rings (SSSR count). The van der Waals surface area contributed by atoms with Crippen LogP contribution in [0.3, 0.4) is 0 Å². The molecular formula is C14H13FN2O2. The summed E-state index contributed by atoms with van der Waals surface area (Å²) in [6, 6.07) is 7.39. The number of hydrogen-bond donors (Lipinski definition) is 1. The molecule has 0 bridgehead atoms. The maximum Gasteiger partial charge on any atom is 0.256 e. The fraction of sp³-hybridized carbons (Fsp3) is 0.143. The van der Waals surface area contributed by atoms with Gasteiger partial charge >= 0.3 is 0 Å². The van der Waals surface area contributed by atoms with Crippen LogP contribution >= 0.6 is 0 Å². The summed E-state index contributed by atoms with van der Waals surface area (Å²) in [6.45, 7) is 1.68. The first kappa shape index (κ1) is 13.0. The van der Waals surface area contributed by atoms with E-state index in [1.54, 1.807) is 25.3 Å². The Bertz CT molecular complexity index is 614. The molecule has 1 heterocycles. The molecule has 0 radical (unpaired) electrons. The Morgan fingerprint density at radius 3 is 2.84 bits per heavy atom. The fourth-order valence-corrected chi connectivity index (χ4v) is 1.72. The number of pyridine rings is 1. The van der Waals surface area contributed by atoms with Crippen molar-refractivity contribution in [3.63, 3.8) is 0 Å². The van der Waals surface area contributed by atoms with Crippen LogP contribution in [0.4, 0.5) is 10.1 Å². The van der Waals surface area contributed by atoms with Gasteiger partial charge in [-0.2, -0.15) is 0 Å². The highest BCUT2D eigenvalue weighted by Gasteiger charge is 2.12. The molecule has 0 unspecified atom stereocenters. The normalized spacial score (nSPS) is 10.1. The van der Waals surface area contributed by atoms with Gasteiger partial charge in [-0.1, -0.05) is 0 Å². The lowest BCUT2D eigenvalue weighted by atomic mass is 10.1. The number of anilines is 1. The van der Waals surface area contributed by atoms with E-state index in [-0.39, 0.29) is 11.7 Å². The average molecular weight is 260 g/mol. The molecule has 1 aromatic heterocycles. The highest BCUT2D eigenvalue weighted by Crippen LogP contribution is 2.21. The smallest absolute Gasteiger partial charge is 0.256 e. The summed E-state index contributed by atoms with van der Waals surface area (Å²) in [5.74, 6) is -0.368. The van der Waals surface area contributed by atoms with E-state index < -0.39 is 0 Å². The molecule has 0 aliphatic rings. The maximum atomic E-state index is 13.0. The maximum absolute atomic E-state index is 13.0. The molecule has 4 nitrogen and oxygen atoms in total. The zero-order valence-electron chi connectivity index (χ0n) is 10.6. The quantitative estimate of drug-likeness (QED) is 0.923. The molecule has 1 aromatic carbocycles. The second-order valence-electron chi connectivity index (χ2n) is 3.97. The van der Waals surface area contributed by atoms with Gasteiger partial charge in [-0.15, -0.1) is 0 Å². The summed E-state index contributed by atoms with van der Waals surface area (Å²) in [5.41, 5.74) is 1.45. The number of halogens is 1. The number of rotatable bonds is 3. The SMILES string of the molecule is COc1ncccc1NC(=O)c1ccc(F)cc1C. The molecule has 1 amide bonds. The standard InChI is InChI=1S/C14H13FN2O2/c1-9-8-10(15)5-6-11(9)13(18)17-12-4-3-7-16-14(12)19-2/h3-8H,1-2H3,(H,17,18). The Morgan fingerprint density at radius 2 is 2.16 bits per heavy atom. The molecule has 1 N–H and O–H groups in total. The van der Waals surface area contributed by atoms with Crippen LogP contribution in [0.5, 0.6) is 5.88 Å². The Hall–Kier alpha value is -2.43. The minimum Gasteiger partial charge on any atom is -0.480 e. The number of nitrogens with one attached hydrogen (secondary N) is 1. The molecular weight excluding hydrogens is 247 g/mol. The van der Waals surface area contributed by atoms with Crippen molar-refractivity contribution in [2.75, 3.05) is 12.4 Å². The third-order valence-corrected chi connectivity index (χ3v) is 2.65. The van der Waals surface area contributed by atoms with E-state index in [0.29, 0.717) is 22.7 Å². The van der Waals surface area contributed by atoms with Crippen LogP contribution < -0.4 is 10.1 Å². The molecule has 0 spiro atoms. The zero-order chi connectivity index (χ0) is 13.8. The van der Waals surface area contributed by atoms with E-state index in [4.69, 9.17) is 4.74 Å². The number of carbonyl (C=O) groups is 1. The Labute approximate surface area is 110 Å². The van der Waals surface area contributed by atoms with Gasteiger partial charge in [-0.05, 0) is 42.8 Å². The number of carbonyl (C=O) groups excluding carboxylic acids is 1. The van der Waals surface area contributed by atoms with E-state index in [1.165, 1.54) is 25.3 Å². The van der Waals surface area contributed by atoms with E-state index >= 15 is 0 Å². The minimum absolute atomic E-state index is 0.329. The van der Waals surface area contributed by atoms with Crippen molar-refractivity contribution in [3.8, 4) is 5.88 Å². The van der Waals surface area contributed by atoms with Gasteiger partial charge in [0.2, 0.25) is 5.88 Å².